The van der Waals surface area contributed by atoms with Crippen molar-refractivity contribution >= 4 is 37.8 Å². The molecular formula is C13H15Br2NO. The standard InChI is InChI=1S/C13H15Br2NO/c1-9-2-5-11(12(15)8-9)13(17)16(7-6-14)10-3-4-10/h2,5,8,10H,3-4,6-7H2,1H3. The van der Waals surface area contributed by atoms with Crippen molar-refractivity contribution in [3.05, 3.63) is 33.8 Å². The molecule has 0 heterocycles. The minimum Gasteiger partial charge on any atom is -0.335 e. The molecule has 1 aromatic carbocycles. The summed E-state index contributed by atoms with van der Waals surface area (Å²) in [4.78, 5) is 14.4. The van der Waals surface area contributed by atoms with Crippen LogP contribution in [0.25, 0.3) is 0 Å². The van der Waals surface area contributed by atoms with Gasteiger partial charge in [0.15, 0.2) is 0 Å². The van der Waals surface area contributed by atoms with Crippen LogP contribution in [0.3, 0.4) is 0 Å². The van der Waals surface area contributed by atoms with Crippen LogP contribution in [0.4, 0.5) is 0 Å². The van der Waals surface area contributed by atoms with Gasteiger partial charge in [0.25, 0.3) is 5.91 Å². The van der Waals surface area contributed by atoms with Crippen LogP contribution in [0.5, 0.6) is 0 Å². The molecule has 2 rings (SSSR count). The third kappa shape index (κ3) is 3.10. The van der Waals surface area contributed by atoms with Crippen molar-refractivity contribution in [3.8, 4) is 0 Å². The summed E-state index contributed by atoms with van der Waals surface area (Å²) in [6, 6.07) is 6.34. The molecule has 1 aliphatic carbocycles. The molecule has 17 heavy (non-hydrogen) atoms. The van der Waals surface area contributed by atoms with Gasteiger partial charge < -0.3 is 4.90 Å². The van der Waals surface area contributed by atoms with Crippen LogP contribution in [0.1, 0.15) is 28.8 Å². The molecule has 1 aliphatic rings. The Kier molecular flexibility index (Phi) is 4.26. The molecular weight excluding hydrogens is 346 g/mol. The quantitative estimate of drug-likeness (QED) is 0.748. The molecule has 1 fully saturated rings. The third-order valence-corrected chi connectivity index (χ3v) is 3.94. The van der Waals surface area contributed by atoms with E-state index in [1.165, 1.54) is 0 Å². The first-order valence-electron chi connectivity index (χ1n) is 5.76. The zero-order valence-electron chi connectivity index (χ0n) is 9.75. The Morgan fingerprint density at radius 1 is 1.47 bits per heavy atom. The number of alkyl halides is 1. The van der Waals surface area contributed by atoms with Gasteiger partial charge in [-0.15, -0.1) is 0 Å². The number of carbonyl (C=O) groups excluding carboxylic acids is 1. The van der Waals surface area contributed by atoms with Gasteiger partial charge in [-0.1, -0.05) is 22.0 Å². The molecule has 1 aromatic rings. The fourth-order valence-corrected chi connectivity index (χ4v) is 2.92. The minimum absolute atomic E-state index is 0.138. The Balaban J connectivity index is 2.22. The van der Waals surface area contributed by atoms with Crippen molar-refractivity contribution in [1.29, 1.82) is 0 Å². The lowest BCUT2D eigenvalue weighted by Crippen LogP contribution is -2.34. The van der Waals surface area contributed by atoms with Gasteiger partial charge in [-0.3, -0.25) is 4.79 Å². The number of rotatable bonds is 4. The normalized spacial score (nSPS) is 14.8. The van der Waals surface area contributed by atoms with E-state index in [0.717, 1.165) is 40.3 Å². The lowest BCUT2D eigenvalue weighted by molar-refractivity contribution is 0.0754. The highest BCUT2D eigenvalue weighted by atomic mass is 79.9. The summed E-state index contributed by atoms with van der Waals surface area (Å²) < 4.78 is 0.891. The van der Waals surface area contributed by atoms with E-state index in [1.54, 1.807) is 0 Å². The van der Waals surface area contributed by atoms with Gasteiger partial charge in [0.2, 0.25) is 0 Å². The SMILES string of the molecule is Cc1ccc(C(=O)N(CCBr)C2CC2)c(Br)c1. The molecule has 0 aliphatic heterocycles. The second-order valence-corrected chi connectivity index (χ2v) is 6.05. The summed E-state index contributed by atoms with van der Waals surface area (Å²) in [5.41, 5.74) is 1.93. The number of hydrogen-bond donors (Lipinski definition) is 0. The molecule has 0 saturated heterocycles. The van der Waals surface area contributed by atoms with Crippen molar-refractivity contribution in [2.75, 3.05) is 11.9 Å². The molecule has 0 unspecified atom stereocenters. The Labute approximate surface area is 119 Å². The Hall–Kier alpha value is -0.350. The summed E-state index contributed by atoms with van der Waals surface area (Å²) in [7, 11) is 0. The number of hydrogen-bond acceptors (Lipinski definition) is 1. The lowest BCUT2D eigenvalue weighted by atomic mass is 10.1. The van der Waals surface area contributed by atoms with E-state index in [1.807, 2.05) is 30.0 Å². The zero-order valence-corrected chi connectivity index (χ0v) is 12.9. The maximum absolute atomic E-state index is 12.4. The van der Waals surface area contributed by atoms with Gasteiger partial charge in [0, 0.05) is 22.4 Å². The number of benzene rings is 1. The monoisotopic (exact) mass is 359 g/mol. The van der Waals surface area contributed by atoms with Gasteiger partial charge in [-0.2, -0.15) is 0 Å². The van der Waals surface area contributed by atoms with Crippen molar-refractivity contribution < 1.29 is 4.79 Å². The van der Waals surface area contributed by atoms with E-state index in [9.17, 15) is 4.79 Å². The van der Waals surface area contributed by atoms with Crippen molar-refractivity contribution in [2.24, 2.45) is 0 Å². The van der Waals surface area contributed by atoms with Crippen molar-refractivity contribution in [2.45, 2.75) is 25.8 Å². The third-order valence-electron chi connectivity index (χ3n) is 2.93. The topological polar surface area (TPSA) is 20.3 Å². The Bertz CT molecular complexity index is 429. The highest BCUT2D eigenvalue weighted by Gasteiger charge is 2.33. The van der Waals surface area contributed by atoms with Gasteiger partial charge in [-0.25, -0.2) is 0 Å². The highest BCUT2D eigenvalue weighted by Crippen LogP contribution is 2.30. The van der Waals surface area contributed by atoms with Crippen LogP contribution in [0, 0.1) is 6.92 Å². The van der Waals surface area contributed by atoms with Gasteiger partial charge in [0.05, 0.1) is 5.56 Å². The van der Waals surface area contributed by atoms with Crippen LogP contribution in [0.15, 0.2) is 22.7 Å². The minimum atomic E-state index is 0.138. The second kappa shape index (κ2) is 5.53. The maximum atomic E-state index is 12.4. The Morgan fingerprint density at radius 3 is 2.71 bits per heavy atom. The molecule has 0 aromatic heterocycles. The number of halogens is 2. The van der Waals surface area contributed by atoms with E-state index in [-0.39, 0.29) is 5.91 Å². The van der Waals surface area contributed by atoms with E-state index in [0.29, 0.717) is 6.04 Å². The van der Waals surface area contributed by atoms with Crippen LogP contribution in [-0.4, -0.2) is 28.7 Å². The van der Waals surface area contributed by atoms with E-state index in [2.05, 4.69) is 31.9 Å². The molecule has 0 N–H and O–H groups in total. The lowest BCUT2D eigenvalue weighted by Gasteiger charge is -2.22. The molecule has 92 valence electrons. The highest BCUT2D eigenvalue weighted by molar-refractivity contribution is 9.10. The fraction of sp³-hybridized carbons (Fsp3) is 0.462. The fourth-order valence-electron chi connectivity index (χ4n) is 1.88. The molecule has 0 spiro atoms. The maximum Gasteiger partial charge on any atom is 0.255 e. The molecule has 4 heteroatoms. The van der Waals surface area contributed by atoms with Crippen LogP contribution in [-0.2, 0) is 0 Å². The smallest absolute Gasteiger partial charge is 0.255 e. The van der Waals surface area contributed by atoms with Crippen molar-refractivity contribution in [1.82, 2.24) is 4.90 Å². The number of nitrogens with zero attached hydrogens (tertiary/aromatic N) is 1. The predicted octanol–water partition coefficient (Wildman–Crippen LogP) is 3.76. The van der Waals surface area contributed by atoms with E-state index in [4.69, 9.17) is 0 Å². The van der Waals surface area contributed by atoms with E-state index >= 15 is 0 Å². The molecule has 1 saturated carbocycles. The predicted molar refractivity (Wildman–Crippen MR) is 76.7 cm³/mol. The van der Waals surface area contributed by atoms with Crippen LogP contribution < -0.4 is 0 Å². The number of amides is 1. The summed E-state index contributed by atoms with van der Waals surface area (Å²) in [6.45, 7) is 2.81. The Morgan fingerprint density at radius 2 is 2.18 bits per heavy atom. The summed E-state index contributed by atoms with van der Waals surface area (Å²) in [6.07, 6.45) is 2.28. The van der Waals surface area contributed by atoms with Gasteiger partial charge in [-0.05, 0) is 53.4 Å². The number of carbonyl (C=O) groups is 1. The average Bonchev–Trinajstić information content (AvgIpc) is 3.09. The first kappa shape index (κ1) is 13.1. The molecule has 0 radical (unpaired) electrons. The van der Waals surface area contributed by atoms with Gasteiger partial charge in [0.1, 0.15) is 0 Å². The van der Waals surface area contributed by atoms with E-state index < -0.39 is 0 Å². The molecule has 1 amide bonds. The summed E-state index contributed by atoms with van der Waals surface area (Å²) >= 11 is 6.89. The number of aryl methyl sites for hydroxylation is 1. The van der Waals surface area contributed by atoms with Crippen molar-refractivity contribution in [3.63, 3.8) is 0 Å². The molecule has 0 atom stereocenters. The van der Waals surface area contributed by atoms with Crippen LogP contribution >= 0.6 is 31.9 Å². The first-order chi connectivity index (χ1) is 8.13. The first-order valence-corrected chi connectivity index (χ1v) is 7.68. The summed E-state index contributed by atoms with van der Waals surface area (Å²) in [5.74, 6) is 0.138. The zero-order chi connectivity index (χ0) is 12.4. The molecule has 0 bridgehead atoms. The largest absolute Gasteiger partial charge is 0.335 e. The van der Waals surface area contributed by atoms with Gasteiger partial charge >= 0.3 is 0 Å². The second-order valence-electron chi connectivity index (χ2n) is 4.40. The summed E-state index contributed by atoms with van der Waals surface area (Å²) in [5, 5.41) is 0.832. The van der Waals surface area contributed by atoms with Crippen LogP contribution in [0.2, 0.25) is 0 Å². The molecule has 2 nitrogen and oxygen atoms in total. The average molecular weight is 361 g/mol.